The summed E-state index contributed by atoms with van der Waals surface area (Å²) in [5, 5.41) is 0. The van der Waals surface area contributed by atoms with E-state index in [9.17, 15) is 0 Å². The molecule has 0 radical (unpaired) electrons. The van der Waals surface area contributed by atoms with E-state index >= 15 is 0 Å². The predicted octanol–water partition coefficient (Wildman–Crippen LogP) is 3.35. The summed E-state index contributed by atoms with van der Waals surface area (Å²) in [5.41, 5.74) is 2.11. The third-order valence-corrected chi connectivity index (χ3v) is 2.83. The summed E-state index contributed by atoms with van der Waals surface area (Å²) in [6.07, 6.45) is 1.80. The zero-order valence-corrected chi connectivity index (χ0v) is 11.4. The maximum atomic E-state index is 4.31. The van der Waals surface area contributed by atoms with Crippen molar-refractivity contribution in [3.8, 4) is 11.3 Å². The molecule has 0 aliphatic heterocycles. The van der Waals surface area contributed by atoms with Gasteiger partial charge < -0.3 is 0 Å². The second-order valence-corrected chi connectivity index (χ2v) is 4.93. The van der Waals surface area contributed by atoms with Gasteiger partial charge in [0.1, 0.15) is 7.40 Å². The third-order valence-electron chi connectivity index (χ3n) is 1.72. The van der Waals surface area contributed by atoms with Crippen LogP contribution in [-0.2, 0) is 0 Å². The molecule has 0 unspecified atom stereocenters. The van der Waals surface area contributed by atoms with Crippen LogP contribution in [0.5, 0.6) is 0 Å². The Morgan fingerprint density at radius 3 is 2.29 bits per heavy atom. The number of nitrogens with zero attached hydrogens (tertiary/aromatic N) is 2. The minimum Gasteiger partial charge on any atom is -0.256 e. The first-order valence-electron chi connectivity index (χ1n) is 4.00. The van der Waals surface area contributed by atoms with Gasteiger partial charge in [-0.05, 0) is 69.4 Å². The van der Waals surface area contributed by atoms with E-state index in [0.29, 0.717) is 0 Å². The molecule has 0 spiro atoms. The second kappa shape index (κ2) is 4.52. The maximum absolute atomic E-state index is 4.31. The molecule has 0 bridgehead atoms. The van der Waals surface area contributed by atoms with Gasteiger partial charge >= 0.3 is 0 Å². The Balaban J connectivity index is 2.52. The standard InChI is InChI=1S/C10H6I2N2/c11-9-5-7(6-10(12)14-9)8-3-1-2-4-13-8/h1-6H. The number of rotatable bonds is 1. The van der Waals surface area contributed by atoms with E-state index in [2.05, 4.69) is 55.1 Å². The van der Waals surface area contributed by atoms with Crippen molar-refractivity contribution in [2.45, 2.75) is 0 Å². The normalized spacial score (nSPS) is 10.1. The molecular formula is C10H6I2N2. The highest BCUT2D eigenvalue weighted by Gasteiger charge is 2.01. The summed E-state index contributed by atoms with van der Waals surface area (Å²) in [5.74, 6) is 0. The van der Waals surface area contributed by atoms with Gasteiger partial charge in [0.15, 0.2) is 0 Å². The number of halogens is 2. The van der Waals surface area contributed by atoms with E-state index in [1.807, 2.05) is 30.3 Å². The second-order valence-electron chi connectivity index (χ2n) is 2.72. The fourth-order valence-corrected chi connectivity index (χ4v) is 2.80. The first-order valence-corrected chi connectivity index (χ1v) is 6.16. The van der Waals surface area contributed by atoms with E-state index in [1.165, 1.54) is 0 Å². The summed E-state index contributed by atoms with van der Waals surface area (Å²) in [4.78, 5) is 8.60. The molecule has 0 atom stereocenters. The molecule has 0 fully saturated rings. The highest BCUT2D eigenvalue weighted by molar-refractivity contribution is 14.1. The van der Waals surface area contributed by atoms with Crippen LogP contribution < -0.4 is 0 Å². The number of hydrogen-bond donors (Lipinski definition) is 0. The Kier molecular flexibility index (Phi) is 3.32. The van der Waals surface area contributed by atoms with Crippen molar-refractivity contribution < 1.29 is 0 Å². The van der Waals surface area contributed by atoms with Crippen LogP contribution in [0.4, 0.5) is 0 Å². The summed E-state index contributed by atoms with van der Waals surface area (Å²) in [6, 6.07) is 9.97. The lowest BCUT2D eigenvalue weighted by Gasteiger charge is -2.01. The molecule has 14 heavy (non-hydrogen) atoms. The van der Waals surface area contributed by atoms with E-state index in [0.717, 1.165) is 18.7 Å². The van der Waals surface area contributed by atoms with E-state index < -0.39 is 0 Å². The molecule has 2 aromatic rings. The predicted molar refractivity (Wildman–Crippen MR) is 72.9 cm³/mol. The van der Waals surface area contributed by atoms with Crippen LogP contribution in [0.2, 0.25) is 0 Å². The zero-order chi connectivity index (χ0) is 9.97. The van der Waals surface area contributed by atoms with Crippen molar-refractivity contribution >= 4 is 45.2 Å². The smallest absolute Gasteiger partial charge is 0.103 e. The van der Waals surface area contributed by atoms with Crippen LogP contribution in [0, 0.1) is 7.40 Å². The van der Waals surface area contributed by atoms with Gasteiger partial charge in [-0.2, -0.15) is 0 Å². The largest absolute Gasteiger partial charge is 0.256 e. The molecule has 70 valence electrons. The van der Waals surface area contributed by atoms with Gasteiger partial charge in [-0.15, -0.1) is 0 Å². The van der Waals surface area contributed by atoms with Gasteiger partial charge in [0.25, 0.3) is 0 Å². The monoisotopic (exact) mass is 408 g/mol. The van der Waals surface area contributed by atoms with Crippen LogP contribution in [0.15, 0.2) is 36.5 Å². The molecule has 2 nitrogen and oxygen atoms in total. The fraction of sp³-hybridized carbons (Fsp3) is 0. The Morgan fingerprint density at radius 1 is 1.00 bits per heavy atom. The van der Waals surface area contributed by atoms with Crippen molar-refractivity contribution in [3.05, 3.63) is 43.9 Å². The topological polar surface area (TPSA) is 25.8 Å². The van der Waals surface area contributed by atoms with Crippen molar-refractivity contribution in [3.63, 3.8) is 0 Å². The molecule has 0 amide bonds. The lowest BCUT2D eigenvalue weighted by atomic mass is 10.2. The van der Waals surface area contributed by atoms with Crippen LogP contribution in [-0.4, -0.2) is 9.97 Å². The number of aromatic nitrogens is 2. The molecule has 2 rings (SSSR count). The van der Waals surface area contributed by atoms with Crippen LogP contribution in [0.25, 0.3) is 11.3 Å². The Labute approximate surface area is 109 Å². The third kappa shape index (κ3) is 2.41. The van der Waals surface area contributed by atoms with E-state index in [4.69, 9.17) is 0 Å². The molecule has 0 N–H and O–H groups in total. The van der Waals surface area contributed by atoms with Gasteiger partial charge in [0, 0.05) is 11.8 Å². The van der Waals surface area contributed by atoms with Crippen molar-refractivity contribution in [2.75, 3.05) is 0 Å². The van der Waals surface area contributed by atoms with Gasteiger partial charge in [0.2, 0.25) is 0 Å². The van der Waals surface area contributed by atoms with Crippen LogP contribution in [0.1, 0.15) is 0 Å². The minimum atomic E-state index is 0.991. The fourth-order valence-electron chi connectivity index (χ4n) is 1.15. The molecule has 0 aromatic carbocycles. The van der Waals surface area contributed by atoms with Crippen LogP contribution >= 0.6 is 45.2 Å². The van der Waals surface area contributed by atoms with Gasteiger partial charge in [-0.1, -0.05) is 6.07 Å². The lowest BCUT2D eigenvalue weighted by molar-refractivity contribution is 1.21. The van der Waals surface area contributed by atoms with Gasteiger partial charge in [-0.25, -0.2) is 4.98 Å². The molecule has 2 heterocycles. The lowest BCUT2D eigenvalue weighted by Crippen LogP contribution is -1.89. The van der Waals surface area contributed by atoms with Gasteiger partial charge in [-0.3, -0.25) is 4.98 Å². The van der Waals surface area contributed by atoms with E-state index in [-0.39, 0.29) is 0 Å². The quantitative estimate of drug-likeness (QED) is 0.535. The van der Waals surface area contributed by atoms with Crippen molar-refractivity contribution in [1.29, 1.82) is 0 Å². The number of hydrogen-bond acceptors (Lipinski definition) is 2. The Morgan fingerprint density at radius 2 is 1.71 bits per heavy atom. The SMILES string of the molecule is Ic1cc(-c2ccccn2)cc(I)n1. The van der Waals surface area contributed by atoms with Crippen molar-refractivity contribution in [2.24, 2.45) is 0 Å². The summed E-state index contributed by atoms with van der Waals surface area (Å²) < 4.78 is 1.99. The molecular weight excluding hydrogens is 402 g/mol. The average Bonchev–Trinajstić information content (AvgIpc) is 2.18. The first kappa shape index (κ1) is 10.3. The molecule has 0 saturated heterocycles. The average molecular weight is 408 g/mol. The highest BCUT2D eigenvalue weighted by atomic mass is 127. The Bertz CT molecular complexity index is 423. The zero-order valence-electron chi connectivity index (χ0n) is 7.11. The summed E-state index contributed by atoms with van der Waals surface area (Å²) >= 11 is 4.43. The Hall–Kier alpha value is -0.240. The minimum absolute atomic E-state index is 0.991. The molecule has 0 saturated carbocycles. The van der Waals surface area contributed by atoms with Gasteiger partial charge in [0.05, 0.1) is 5.69 Å². The molecule has 4 heteroatoms. The highest BCUT2D eigenvalue weighted by Crippen LogP contribution is 2.19. The first-order chi connectivity index (χ1) is 6.75. The molecule has 2 aromatic heterocycles. The van der Waals surface area contributed by atoms with Crippen molar-refractivity contribution in [1.82, 2.24) is 9.97 Å². The maximum Gasteiger partial charge on any atom is 0.103 e. The molecule has 0 aliphatic rings. The summed E-state index contributed by atoms with van der Waals surface area (Å²) in [7, 11) is 0. The van der Waals surface area contributed by atoms with E-state index in [1.54, 1.807) is 6.20 Å². The molecule has 0 aliphatic carbocycles. The summed E-state index contributed by atoms with van der Waals surface area (Å²) in [6.45, 7) is 0. The number of pyridine rings is 2. The van der Waals surface area contributed by atoms with Crippen LogP contribution in [0.3, 0.4) is 0 Å².